The molecule has 6 rings (SSSR count). The number of ether oxygens (including phenoxy) is 1. The third-order valence-electron chi connectivity index (χ3n) is 6.06. The van der Waals surface area contributed by atoms with Crippen molar-refractivity contribution in [1.82, 2.24) is 14.5 Å². The number of fused-ring (bicyclic) bond motifs is 7. The molecule has 0 N–H and O–H groups in total. The lowest BCUT2D eigenvalue weighted by atomic mass is 9.79. The summed E-state index contributed by atoms with van der Waals surface area (Å²) in [4.78, 5) is 40.6. The van der Waals surface area contributed by atoms with Gasteiger partial charge in [-0.1, -0.05) is 41.7 Å². The van der Waals surface area contributed by atoms with E-state index < -0.39 is 17.7 Å². The van der Waals surface area contributed by atoms with Crippen LogP contribution in [0.15, 0.2) is 64.5 Å². The van der Waals surface area contributed by atoms with E-state index in [0.29, 0.717) is 20.8 Å². The smallest absolute Gasteiger partial charge is 0.270 e. The first-order chi connectivity index (χ1) is 15.4. The molecule has 4 aromatic rings. The van der Waals surface area contributed by atoms with Crippen LogP contribution in [0, 0.1) is 5.92 Å². The summed E-state index contributed by atoms with van der Waals surface area (Å²) in [7, 11) is 0. The lowest BCUT2D eigenvalue weighted by molar-refractivity contribution is -0.132. The molecule has 2 bridgehead atoms. The Labute approximate surface area is 186 Å². The zero-order valence-corrected chi connectivity index (χ0v) is 18.2. The van der Waals surface area contributed by atoms with Crippen molar-refractivity contribution in [3.05, 3.63) is 85.7 Å². The third kappa shape index (κ3) is 2.69. The van der Waals surface area contributed by atoms with E-state index in [0.717, 1.165) is 16.6 Å². The van der Waals surface area contributed by atoms with Gasteiger partial charge in [-0.25, -0.2) is 9.98 Å². The molecule has 3 unspecified atom stereocenters. The van der Waals surface area contributed by atoms with Crippen LogP contribution in [0.2, 0.25) is 0 Å². The van der Waals surface area contributed by atoms with Gasteiger partial charge in [0.2, 0.25) is 5.72 Å². The van der Waals surface area contributed by atoms with Crippen molar-refractivity contribution in [2.75, 3.05) is 0 Å². The number of ketones is 1. The highest BCUT2D eigenvalue weighted by Crippen LogP contribution is 2.47. The highest BCUT2D eigenvalue weighted by atomic mass is 32.1. The topological polar surface area (TPSA) is 86.4 Å². The minimum atomic E-state index is -1.07. The summed E-state index contributed by atoms with van der Waals surface area (Å²) in [6.07, 6.45) is 3.38. The molecule has 0 fully saturated rings. The minimum absolute atomic E-state index is 0.0644. The minimum Gasteiger partial charge on any atom is -0.465 e. The first-order valence-corrected chi connectivity index (χ1v) is 11.1. The predicted octanol–water partition coefficient (Wildman–Crippen LogP) is 2.22. The SMILES string of the molecule is CC(=O)C1C2c3ccccc3OC1(C)N=c1s/c(=C\c3cnc4ccccc4n3)c(=O)n12. The van der Waals surface area contributed by atoms with Crippen LogP contribution >= 0.6 is 11.3 Å². The van der Waals surface area contributed by atoms with Gasteiger partial charge in [-0.05, 0) is 38.1 Å². The molecule has 0 spiro atoms. The van der Waals surface area contributed by atoms with Gasteiger partial charge in [0.1, 0.15) is 17.5 Å². The fraction of sp³-hybridized carbons (Fsp3) is 0.208. The molecule has 4 heterocycles. The van der Waals surface area contributed by atoms with Crippen LogP contribution in [0.4, 0.5) is 0 Å². The standard InChI is InChI=1S/C24H18N4O3S/c1-13(29)20-21-15-7-3-6-10-18(15)31-24(20,2)27-23-28(21)22(30)19(32-23)11-14-12-25-16-8-4-5-9-17(16)26-14/h3-12,20-21H,1-2H3/b19-11-. The van der Waals surface area contributed by atoms with Crippen molar-refractivity contribution < 1.29 is 9.53 Å². The predicted molar refractivity (Wildman–Crippen MR) is 120 cm³/mol. The molecule has 158 valence electrons. The molecule has 2 aliphatic rings. The number of hydrogen-bond acceptors (Lipinski definition) is 7. The van der Waals surface area contributed by atoms with E-state index in [9.17, 15) is 9.59 Å². The first-order valence-electron chi connectivity index (χ1n) is 10.3. The maximum absolute atomic E-state index is 13.5. The lowest BCUT2D eigenvalue weighted by Crippen LogP contribution is -2.58. The van der Waals surface area contributed by atoms with Crippen molar-refractivity contribution in [1.29, 1.82) is 0 Å². The number of rotatable bonds is 2. The van der Waals surface area contributed by atoms with Gasteiger partial charge in [0.25, 0.3) is 5.56 Å². The molecule has 2 aromatic carbocycles. The maximum Gasteiger partial charge on any atom is 0.270 e. The van der Waals surface area contributed by atoms with Crippen molar-refractivity contribution in [2.45, 2.75) is 25.6 Å². The number of hydrogen-bond donors (Lipinski definition) is 0. The maximum atomic E-state index is 13.5. The quantitative estimate of drug-likeness (QED) is 0.475. The molecule has 32 heavy (non-hydrogen) atoms. The number of nitrogens with zero attached hydrogens (tertiary/aromatic N) is 4. The third-order valence-corrected chi connectivity index (χ3v) is 7.05. The highest BCUT2D eigenvalue weighted by molar-refractivity contribution is 7.07. The summed E-state index contributed by atoms with van der Waals surface area (Å²) in [6, 6.07) is 14.7. The Balaban J connectivity index is 1.60. The number of para-hydroxylation sites is 3. The molecule has 2 aromatic heterocycles. The molecule has 3 atom stereocenters. The summed E-state index contributed by atoms with van der Waals surface area (Å²) >= 11 is 1.28. The van der Waals surface area contributed by atoms with Gasteiger partial charge in [0.15, 0.2) is 4.80 Å². The molecule has 0 saturated carbocycles. The van der Waals surface area contributed by atoms with Gasteiger partial charge in [0.05, 0.1) is 33.5 Å². The van der Waals surface area contributed by atoms with Crippen LogP contribution in [0.5, 0.6) is 5.75 Å². The Morgan fingerprint density at radius 1 is 1.16 bits per heavy atom. The van der Waals surface area contributed by atoms with E-state index in [-0.39, 0.29) is 11.3 Å². The number of carbonyl (C=O) groups is 1. The Morgan fingerprint density at radius 3 is 2.72 bits per heavy atom. The van der Waals surface area contributed by atoms with Crippen LogP contribution in [0.1, 0.15) is 31.1 Å². The normalized spacial score (nSPS) is 23.8. The monoisotopic (exact) mass is 442 g/mol. The Kier molecular flexibility index (Phi) is 3.98. The Morgan fingerprint density at radius 2 is 1.91 bits per heavy atom. The van der Waals surface area contributed by atoms with E-state index in [4.69, 9.17) is 9.73 Å². The van der Waals surface area contributed by atoms with Gasteiger partial charge >= 0.3 is 0 Å². The summed E-state index contributed by atoms with van der Waals surface area (Å²) in [5.41, 5.74) is 1.70. The second-order valence-electron chi connectivity index (χ2n) is 8.19. The number of aromatic nitrogens is 3. The summed E-state index contributed by atoms with van der Waals surface area (Å²) in [5.74, 6) is -0.00753. The zero-order valence-electron chi connectivity index (χ0n) is 17.4. The Bertz CT molecular complexity index is 1610. The van der Waals surface area contributed by atoms with Crippen LogP contribution in [-0.4, -0.2) is 26.0 Å². The van der Waals surface area contributed by atoms with Crippen LogP contribution < -0.4 is 19.6 Å². The van der Waals surface area contributed by atoms with Crippen molar-refractivity contribution in [3.63, 3.8) is 0 Å². The van der Waals surface area contributed by atoms with Crippen molar-refractivity contribution in [3.8, 4) is 5.75 Å². The van der Waals surface area contributed by atoms with Gasteiger partial charge in [0, 0.05) is 5.56 Å². The first kappa shape index (κ1) is 19.1. The molecular formula is C24H18N4O3S. The molecule has 2 aliphatic heterocycles. The highest BCUT2D eigenvalue weighted by Gasteiger charge is 2.53. The van der Waals surface area contributed by atoms with Crippen LogP contribution in [-0.2, 0) is 4.79 Å². The fourth-order valence-corrected chi connectivity index (χ4v) is 5.82. The van der Waals surface area contributed by atoms with E-state index in [1.165, 1.54) is 18.3 Å². The van der Waals surface area contributed by atoms with Gasteiger partial charge in [-0.15, -0.1) is 0 Å². The molecule has 0 radical (unpaired) electrons. The fourth-order valence-electron chi connectivity index (χ4n) is 4.73. The van der Waals surface area contributed by atoms with Gasteiger partial charge < -0.3 is 4.74 Å². The average Bonchev–Trinajstić information content (AvgIpc) is 3.06. The number of Topliss-reactive ketones (excluding diaryl/α,β-unsaturated/α-hetero) is 1. The summed E-state index contributed by atoms with van der Waals surface area (Å²) in [5, 5.41) is 0. The van der Waals surface area contributed by atoms with Crippen molar-refractivity contribution >= 4 is 34.2 Å². The molecule has 0 amide bonds. The number of carbonyl (C=O) groups excluding carboxylic acids is 1. The van der Waals surface area contributed by atoms with Gasteiger partial charge in [-0.3, -0.25) is 19.1 Å². The molecular weight excluding hydrogens is 424 g/mol. The average molecular weight is 443 g/mol. The van der Waals surface area contributed by atoms with Crippen LogP contribution in [0.25, 0.3) is 17.1 Å². The van der Waals surface area contributed by atoms with Crippen LogP contribution in [0.3, 0.4) is 0 Å². The van der Waals surface area contributed by atoms with Crippen molar-refractivity contribution in [2.24, 2.45) is 10.9 Å². The molecule has 8 heteroatoms. The lowest BCUT2D eigenvalue weighted by Gasteiger charge is -2.45. The van der Waals surface area contributed by atoms with Gasteiger partial charge in [-0.2, -0.15) is 0 Å². The summed E-state index contributed by atoms with van der Waals surface area (Å²) in [6.45, 7) is 3.34. The number of thiazole rings is 1. The second kappa shape index (κ2) is 6.67. The number of benzene rings is 2. The molecule has 0 aliphatic carbocycles. The largest absolute Gasteiger partial charge is 0.465 e. The summed E-state index contributed by atoms with van der Waals surface area (Å²) < 4.78 is 8.34. The van der Waals surface area contributed by atoms with E-state index >= 15 is 0 Å². The molecule has 0 saturated heterocycles. The van der Waals surface area contributed by atoms with E-state index in [1.54, 1.807) is 16.8 Å². The Hall–Kier alpha value is -3.65. The second-order valence-corrected chi connectivity index (χ2v) is 9.20. The van der Waals surface area contributed by atoms with E-state index in [1.807, 2.05) is 55.5 Å². The van der Waals surface area contributed by atoms with E-state index in [2.05, 4.69) is 9.97 Å². The molecule has 7 nitrogen and oxygen atoms in total. The zero-order chi connectivity index (χ0) is 22.0.